The molecule has 0 unspecified atom stereocenters. The van der Waals surface area contributed by atoms with Crippen LogP contribution in [0.4, 0.5) is 0 Å². The van der Waals surface area contributed by atoms with Crippen LogP contribution in [-0.2, 0) is 11.2 Å². The van der Waals surface area contributed by atoms with E-state index in [2.05, 4.69) is 34.6 Å². The van der Waals surface area contributed by atoms with Gasteiger partial charge < -0.3 is 14.2 Å². The molecule has 1 aromatic carbocycles. The van der Waals surface area contributed by atoms with Gasteiger partial charge in [-0.15, -0.1) is 10.2 Å². The van der Waals surface area contributed by atoms with Crippen molar-refractivity contribution in [1.29, 1.82) is 0 Å². The van der Waals surface area contributed by atoms with Gasteiger partial charge in [0.15, 0.2) is 5.76 Å². The first-order valence-electron chi connectivity index (χ1n) is 8.04. The predicted molar refractivity (Wildman–Crippen MR) is 95.1 cm³/mol. The minimum atomic E-state index is -0.0881. The van der Waals surface area contributed by atoms with Crippen molar-refractivity contribution < 1.29 is 13.6 Å². The smallest absolute Gasteiger partial charge is 0.284 e. The van der Waals surface area contributed by atoms with E-state index < -0.39 is 0 Å². The minimum absolute atomic E-state index is 0.0552. The van der Waals surface area contributed by atoms with Gasteiger partial charge in [-0.05, 0) is 36.6 Å². The molecule has 0 aliphatic heterocycles. The minimum Gasteiger partial charge on any atom is -0.459 e. The van der Waals surface area contributed by atoms with Crippen molar-refractivity contribution in [3.63, 3.8) is 0 Å². The molecule has 130 valence electrons. The molecule has 25 heavy (non-hydrogen) atoms. The fourth-order valence-corrected chi connectivity index (χ4v) is 2.88. The Bertz CT molecular complexity index is 812. The van der Waals surface area contributed by atoms with Gasteiger partial charge in [0.25, 0.3) is 11.1 Å². The molecule has 0 fully saturated rings. The summed E-state index contributed by atoms with van der Waals surface area (Å²) in [7, 11) is 0. The molecular weight excluding hydrogens is 338 g/mol. The molecule has 0 aliphatic carbocycles. The Labute approximate surface area is 150 Å². The summed E-state index contributed by atoms with van der Waals surface area (Å²) in [4.78, 5) is 12.1. The highest BCUT2D eigenvalue weighted by atomic mass is 32.2. The van der Waals surface area contributed by atoms with Gasteiger partial charge >= 0.3 is 0 Å². The van der Waals surface area contributed by atoms with E-state index in [-0.39, 0.29) is 17.7 Å². The van der Waals surface area contributed by atoms with Crippen molar-refractivity contribution in [1.82, 2.24) is 15.5 Å². The van der Waals surface area contributed by atoms with Crippen LogP contribution in [0.1, 0.15) is 31.0 Å². The number of furan rings is 1. The summed E-state index contributed by atoms with van der Waals surface area (Å²) in [6, 6.07) is 11.7. The highest BCUT2D eigenvalue weighted by Gasteiger charge is 2.14. The second kappa shape index (κ2) is 8.02. The monoisotopic (exact) mass is 357 g/mol. The van der Waals surface area contributed by atoms with Gasteiger partial charge in [-0.3, -0.25) is 4.79 Å². The third-order valence-electron chi connectivity index (χ3n) is 3.73. The van der Waals surface area contributed by atoms with Crippen LogP contribution in [0.25, 0.3) is 11.7 Å². The van der Waals surface area contributed by atoms with Crippen LogP contribution in [0.2, 0.25) is 0 Å². The Morgan fingerprint density at radius 1 is 1.24 bits per heavy atom. The summed E-state index contributed by atoms with van der Waals surface area (Å²) in [6.07, 6.45) is 2.54. The maximum Gasteiger partial charge on any atom is 0.284 e. The van der Waals surface area contributed by atoms with Gasteiger partial charge in [0.05, 0.1) is 18.1 Å². The Hall–Kier alpha value is -2.54. The lowest BCUT2D eigenvalue weighted by atomic mass is 10.1. The van der Waals surface area contributed by atoms with Crippen molar-refractivity contribution in [2.75, 3.05) is 5.75 Å². The zero-order valence-electron chi connectivity index (χ0n) is 14.1. The second-order valence-electron chi connectivity index (χ2n) is 5.52. The van der Waals surface area contributed by atoms with Crippen molar-refractivity contribution in [3.05, 3.63) is 53.8 Å². The van der Waals surface area contributed by atoms with Crippen molar-refractivity contribution in [3.8, 4) is 11.7 Å². The van der Waals surface area contributed by atoms with E-state index >= 15 is 0 Å². The molecule has 1 amide bonds. The Kier molecular flexibility index (Phi) is 5.55. The average Bonchev–Trinajstić information content (AvgIpc) is 3.31. The van der Waals surface area contributed by atoms with Gasteiger partial charge in [0.1, 0.15) is 0 Å². The number of nitrogens with one attached hydrogen (secondary N) is 1. The fourth-order valence-electron chi connectivity index (χ4n) is 2.30. The van der Waals surface area contributed by atoms with Gasteiger partial charge in [-0.2, -0.15) is 0 Å². The number of hydrogen-bond donors (Lipinski definition) is 1. The molecule has 0 bridgehead atoms. The number of amides is 1. The molecule has 0 saturated heterocycles. The summed E-state index contributed by atoms with van der Waals surface area (Å²) in [5.74, 6) is 0.928. The van der Waals surface area contributed by atoms with Crippen molar-refractivity contribution in [2.45, 2.75) is 31.5 Å². The van der Waals surface area contributed by atoms with E-state index in [1.165, 1.54) is 23.6 Å². The van der Waals surface area contributed by atoms with E-state index in [0.717, 1.165) is 12.0 Å². The number of carbonyl (C=O) groups excluding carboxylic acids is 1. The van der Waals surface area contributed by atoms with E-state index in [0.29, 0.717) is 16.9 Å². The summed E-state index contributed by atoms with van der Waals surface area (Å²) >= 11 is 1.20. The average molecular weight is 357 g/mol. The molecule has 0 radical (unpaired) electrons. The molecule has 1 atom stereocenters. The third-order valence-corrected chi connectivity index (χ3v) is 4.55. The second-order valence-corrected chi connectivity index (χ2v) is 6.45. The zero-order chi connectivity index (χ0) is 17.6. The van der Waals surface area contributed by atoms with Crippen LogP contribution in [0, 0.1) is 0 Å². The van der Waals surface area contributed by atoms with Crippen LogP contribution in [0.5, 0.6) is 0 Å². The number of rotatable bonds is 7. The van der Waals surface area contributed by atoms with Crippen LogP contribution in [-0.4, -0.2) is 21.9 Å². The topological polar surface area (TPSA) is 81.2 Å². The summed E-state index contributed by atoms with van der Waals surface area (Å²) < 4.78 is 10.7. The molecule has 3 rings (SSSR count). The standard InChI is InChI=1S/C18H19N3O3S/c1-3-13-6-8-14(9-7-13)12(2)19-16(22)11-25-18-21-20-17(24-18)15-5-4-10-23-15/h4-10,12H,3,11H2,1-2H3,(H,19,22)/t12-/m1/s1. The van der Waals surface area contributed by atoms with Gasteiger partial charge in [0, 0.05) is 0 Å². The first kappa shape index (κ1) is 17.3. The summed E-state index contributed by atoms with van der Waals surface area (Å²) in [5.41, 5.74) is 2.36. The molecule has 0 saturated carbocycles. The summed E-state index contributed by atoms with van der Waals surface area (Å²) in [6.45, 7) is 4.08. The van der Waals surface area contributed by atoms with Crippen LogP contribution >= 0.6 is 11.8 Å². The number of carbonyl (C=O) groups is 1. The zero-order valence-corrected chi connectivity index (χ0v) is 14.9. The van der Waals surface area contributed by atoms with Crippen molar-refractivity contribution >= 4 is 17.7 Å². The molecule has 1 N–H and O–H groups in total. The first-order chi connectivity index (χ1) is 12.2. The first-order valence-corrected chi connectivity index (χ1v) is 9.02. The lowest BCUT2D eigenvalue weighted by molar-refractivity contribution is -0.119. The van der Waals surface area contributed by atoms with Crippen LogP contribution in [0.3, 0.4) is 0 Å². The van der Waals surface area contributed by atoms with E-state index in [4.69, 9.17) is 8.83 Å². The molecule has 2 aromatic heterocycles. The fraction of sp³-hybridized carbons (Fsp3) is 0.278. The molecule has 0 aliphatic rings. The Morgan fingerprint density at radius 3 is 2.72 bits per heavy atom. The SMILES string of the molecule is CCc1ccc([C@@H](C)NC(=O)CSc2nnc(-c3ccco3)o2)cc1. The van der Waals surface area contributed by atoms with Gasteiger partial charge in [-0.25, -0.2) is 0 Å². The largest absolute Gasteiger partial charge is 0.459 e. The van der Waals surface area contributed by atoms with Gasteiger partial charge in [0.2, 0.25) is 5.91 Å². The summed E-state index contributed by atoms with van der Waals surface area (Å²) in [5, 5.41) is 11.1. The van der Waals surface area contributed by atoms with Crippen LogP contribution in [0.15, 0.2) is 56.7 Å². The van der Waals surface area contributed by atoms with Gasteiger partial charge in [-0.1, -0.05) is 43.0 Å². The van der Waals surface area contributed by atoms with E-state index in [1.54, 1.807) is 12.1 Å². The third kappa shape index (κ3) is 4.51. The van der Waals surface area contributed by atoms with E-state index in [1.807, 2.05) is 19.1 Å². The maximum atomic E-state index is 12.1. The molecule has 0 spiro atoms. The van der Waals surface area contributed by atoms with Crippen LogP contribution < -0.4 is 5.32 Å². The predicted octanol–water partition coefficient (Wildman–Crippen LogP) is 3.86. The number of nitrogens with zero attached hydrogens (tertiary/aromatic N) is 2. The normalized spacial score (nSPS) is 12.1. The number of aryl methyl sites for hydroxylation is 1. The number of hydrogen-bond acceptors (Lipinski definition) is 6. The number of benzene rings is 1. The molecular formula is C18H19N3O3S. The lowest BCUT2D eigenvalue weighted by Crippen LogP contribution is -2.28. The number of thioether (sulfide) groups is 1. The maximum absolute atomic E-state index is 12.1. The molecule has 2 heterocycles. The quantitative estimate of drug-likeness (QED) is 0.647. The highest BCUT2D eigenvalue weighted by Crippen LogP contribution is 2.23. The Balaban J connectivity index is 1.50. The van der Waals surface area contributed by atoms with E-state index in [9.17, 15) is 4.79 Å². The molecule has 3 aromatic rings. The highest BCUT2D eigenvalue weighted by molar-refractivity contribution is 7.99. The molecule has 6 nitrogen and oxygen atoms in total. The Morgan fingerprint density at radius 2 is 2.04 bits per heavy atom. The van der Waals surface area contributed by atoms with Crippen molar-refractivity contribution in [2.24, 2.45) is 0 Å². The number of aromatic nitrogens is 2. The molecule has 7 heteroatoms. The lowest BCUT2D eigenvalue weighted by Gasteiger charge is -2.14.